The van der Waals surface area contributed by atoms with Crippen molar-refractivity contribution in [2.24, 2.45) is 0 Å². The summed E-state index contributed by atoms with van der Waals surface area (Å²) in [5, 5.41) is 9.56. The Bertz CT molecular complexity index is 189. The first-order valence-corrected chi connectivity index (χ1v) is 4.21. The number of hydrogen-bond donors (Lipinski definition) is 1. The molecular weight excluding hydrogens is 179 g/mol. The molecule has 0 radical (unpaired) electrons. The molecule has 1 fully saturated rings. The number of alkyl halides is 1. The smallest absolute Gasteiger partial charge is 0.343 e. The van der Waals surface area contributed by atoms with Crippen molar-refractivity contribution in [1.82, 2.24) is 0 Å². The summed E-state index contributed by atoms with van der Waals surface area (Å²) >= 11 is 0. The van der Waals surface area contributed by atoms with E-state index < -0.39 is 17.7 Å². The van der Waals surface area contributed by atoms with Gasteiger partial charge in [-0.2, -0.15) is 0 Å². The molecule has 1 saturated heterocycles. The highest BCUT2D eigenvalue weighted by molar-refractivity contribution is 5.76. The minimum Gasteiger partial charge on any atom is -0.464 e. The van der Waals surface area contributed by atoms with E-state index in [0.29, 0.717) is 0 Å². The van der Waals surface area contributed by atoms with Gasteiger partial charge in [0.2, 0.25) is 6.17 Å². The fourth-order valence-corrected chi connectivity index (χ4v) is 1.20. The Morgan fingerprint density at radius 2 is 2.54 bits per heavy atom. The van der Waals surface area contributed by atoms with Crippen molar-refractivity contribution < 1.29 is 23.8 Å². The number of halogens is 1. The van der Waals surface area contributed by atoms with Crippen LogP contribution in [0.15, 0.2) is 0 Å². The number of rotatable bonds is 3. The lowest BCUT2D eigenvalue weighted by Gasteiger charge is -2.22. The molecular formula is C8H13FO4. The van der Waals surface area contributed by atoms with Crippen LogP contribution in [0.3, 0.4) is 0 Å². The molecule has 1 heterocycles. The molecule has 13 heavy (non-hydrogen) atoms. The molecule has 0 bridgehead atoms. The van der Waals surface area contributed by atoms with Gasteiger partial charge in [0.15, 0.2) is 0 Å². The summed E-state index contributed by atoms with van der Waals surface area (Å²) in [7, 11) is 0. The standard InChI is InChI=1S/C8H13FO4/c1-2-13-7(10)6(9)8(11)3-4-12-5-8/h6,11H,2-5H2,1H3. The minimum atomic E-state index is -2.00. The van der Waals surface area contributed by atoms with E-state index in [4.69, 9.17) is 4.74 Å². The monoisotopic (exact) mass is 192 g/mol. The summed E-state index contributed by atoms with van der Waals surface area (Å²) in [6.45, 7) is 1.82. The Hall–Kier alpha value is -0.680. The zero-order chi connectivity index (χ0) is 9.90. The SMILES string of the molecule is CCOC(=O)C(F)C1(O)CCOC1. The lowest BCUT2D eigenvalue weighted by atomic mass is 9.97. The third-order valence-electron chi connectivity index (χ3n) is 2.00. The van der Waals surface area contributed by atoms with Gasteiger partial charge in [-0.15, -0.1) is 0 Å². The van der Waals surface area contributed by atoms with Crippen LogP contribution in [-0.2, 0) is 14.3 Å². The van der Waals surface area contributed by atoms with E-state index in [0.717, 1.165) is 0 Å². The van der Waals surface area contributed by atoms with Crippen LogP contribution in [0.25, 0.3) is 0 Å². The molecule has 0 saturated carbocycles. The maximum Gasteiger partial charge on any atom is 0.343 e. The largest absolute Gasteiger partial charge is 0.464 e. The highest BCUT2D eigenvalue weighted by Crippen LogP contribution is 2.25. The summed E-state index contributed by atoms with van der Waals surface area (Å²) in [6.07, 6.45) is -1.87. The number of esters is 1. The average Bonchev–Trinajstić information content (AvgIpc) is 2.52. The highest BCUT2D eigenvalue weighted by atomic mass is 19.1. The van der Waals surface area contributed by atoms with Gasteiger partial charge in [-0.25, -0.2) is 9.18 Å². The van der Waals surface area contributed by atoms with Crippen LogP contribution in [0.4, 0.5) is 4.39 Å². The van der Waals surface area contributed by atoms with Crippen molar-refractivity contribution in [3.05, 3.63) is 0 Å². The van der Waals surface area contributed by atoms with Gasteiger partial charge in [-0.1, -0.05) is 0 Å². The van der Waals surface area contributed by atoms with Gasteiger partial charge in [0.1, 0.15) is 5.60 Å². The Morgan fingerprint density at radius 1 is 1.85 bits per heavy atom. The number of ether oxygens (including phenoxy) is 2. The molecule has 0 aromatic rings. The molecule has 1 rings (SSSR count). The highest BCUT2D eigenvalue weighted by Gasteiger charge is 2.46. The van der Waals surface area contributed by atoms with Crippen LogP contribution >= 0.6 is 0 Å². The van der Waals surface area contributed by atoms with Gasteiger partial charge >= 0.3 is 5.97 Å². The summed E-state index contributed by atoms with van der Waals surface area (Å²) in [5.74, 6) is -1.02. The quantitative estimate of drug-likeness (QED) is 0.641. The summed E-state index contributed by atoms with van der Waals surface area (Å²) in [5.41, 5.74) is -1.69. The van der Waals surface area contributed by atoms with Crippen molar-refractivity contribution in [2.75, 3.05) is 19.8 Å². The predicted molar refractivity (Wildman–Crippen MR) is 41.9 cm³/mol. The van der Waals surface area contributed by atoms with E-state index in [1.165, 1.54) is 0 Å². The molecule has 1 aliphatic heterocycles. The van der Waals surface area contributed by atoms with E-state index in [-0.39, 0.29) is 26.2 Å². The van der Waals surface area contributed by atoms with Gasteiger partial charge in [0.25, 0.3) is 0 Å². The number of aliphatic hydroxyl groups is 1. The molecule has 2 unspecified atom stereocenters. The van der Waals surface area contributed by atoms with E-state index in [2.05, 4.69) is 4.74 Å². The van der Waals surface area contributed by atoms with Gasteiger partial charge in [-0.3, -0.25) is 0 Å². The van der Waals surface area contributed by atoms with Gasteiger partial charge in [0.05, 0.1) is 13.2 Å². The Kier molecular flexibility index (Phi) is 3.22. The Labute approximate surface area is 75.6 Å². The summed E-state index contributed by atoms with van der Waals surface area (Å²) in [4.78, 5) is 10.9. The lowest BCUT2D eigenvalue weighted by Crippen LogP contribution is -2.45. The summed E-state index contributed by atoms with van der Waals surface area (Å²) in [6, 6.07) is 0. The molecule has 0 aromatic carbocycles. The molecule has 1 N–H and O–H groups in total. The fourth-order valence-electron chi connectivity index (χ4n) is 1.20. The Morgan fingerprint density at radius 3 is 3.00 bits per heavy atom. The first kappa shape index (κ1) is 10.4. The fraction of sp³-hybridized carbons (Fsp3) is 0.875. The first-order chi connectivity index (χ1) is 6.10. The molecule has 1 aliphatic rings. The molecule has 0 spiro atoms. The van der Waals surface area contributed by atoms with Crippen LogP contribution in [0, 0.1) is 0 Å². The third-order valence-corrected chi connectivity index (χ3v) is 2.00. The number of carbonyl (C=O) groups excluding carboxylic acids is 1. The van der Waals surface area contributed by atoms with Crippen molar-refractivity contribution >= 4 is 5.97 Å². The van der Waals surface area contributed by atoms with Crippen LogP contribution in [0.1, 0.15) is 13.3 Å². The lowest BCUT2D eigenvalue weighted by molar-refractivity contribution is -0.160. The second-order valence-electron chi connectivity index (χ2n) is 3.02. The second kappa shape index (κ2) is 4.02. The van der Waals surface area contributed by atoms with Gasteiger partial charge < -0.3 is 14.6 Å². The van der Waals surface area contributed by atoms with E-state index in [1.54, 1.807) is 6.92 Å². The molecule has 4 nitrogen and oxygen atoms in total. The van der Waals surface area contributed by atoms with Crippen LogP contribution in [-0.4, -0.2) is 42.7 Å². The van der Waals surface area contributed by atoms with Crippen LogP contribution < -0.4 is 0 Å². The zero-order valence-corrected chi connectivity index (χ0v) is 7.46. The average molecular weight is 192 g/mol. The third kappa shape index (κ3) is 2.16. The molecule has 76 valence electrons. The zero-order valence-electron chi connectivity index (χ0n) is 7.46. The van der Waals surface area contributed by atoms with Crippen molar-refractivity contribution in [3.8, 4) is 0 Å². The molecule has 2 atom stereocenters. The minimum absolute atomic E-state index is 0.107. The molecule has 0 aliphatic carbocycles. The van der Waals surface area contributed by atoms with Gasteiger partial charge in [0, 0.05) is 13.0 Å². The molecule has 5 heteroatoms. The maximum atomic E-state index is 13.3. The van der Waals surface area contributed by atoms with Crippen molar-refractivity contribution in [1.29, 1.82) is 0 Å². The van der Waals surface area contributed by atoms with Gasteiger partial charge in [-0.05, 0) is 6.92 Å². The van der Waals surface area contributed by atoms with Crippen LogP contribution in [0.2, 0.25) is 0 Å². The topological polar surface area (TPSA) is 55.8 Å². The number of carbonyl (C=O) groups is 1. The molecule has 0 amide bonds. The first-order valence-electron chi connectivity index (χ1n) is 4.21. The van der Waals surface area contributed by atoms with E-state index in [9.17, 15) is 14.3 Å². The van der Waals surface area contributed by atoms with Crippen molar-refractivity contribution in [3.63, 3.8) is 0 Å². The maximum absolute atomic E-state index is 13.3. The van der Waals surface area contributed by atoms with E-state index >= 15 is 0 Å². The molecule has 0 aromatic heterocycles. The normalized spacial score (nSPS) is 30.1. The van der Waals surface area contributed by atoms with Crippen molar-refractivity contribution in [2.45, 2.75) is 25.1 Å². The predicted octanol–water partition coefficient (Wildman–Crippen LogP) is 0.0390. The second-order valence-corrected chi connectivity index (χ2v) is 3.02. The van der Waals surface area contributed by atoms with Crippen LogP contribution in [0.5, 0.6) is 0 Å². The number of hydrogen-bond acceptors (Lipinski definition) is 4. The van der Waals surface area contributed by atoms with E-state index in [1.807, 2.05) is 0 Å². The summed E-state index contributed by atoms with van der Waals surface area (Å²) < 4.78 is 22.5. The Balaban J connectivity index is 2.54.